The normalized spacial score (nSPS) is 11.4. The van der Waals surface area contributed by atoms with Crippen molar-refractivity contribution < 1.29 is 111 Å². The molecule has 0 saturated heterocycles. The number of hydrogen-bond donors (Lipinski definition) is 13. The van der Waals surface area contributed by atoms with E-state index in [2.05, 4.69) is 0 Å². The van der Waals surface area contributed by atoms with Gasteiger partial charge in [-0.05, 0) is 0 Å². The van der Waals surface area contributed by atoms with Crippen molar-refractivity contribution >= 4 is 47.4 Å². The molecule has 19 nitrogen and oxygen atoms in total. The van der Waals surface area contributed by atoms with E-state index in [-0.39, 0.29) is 6.15 Å². The van der Waals surface area contributed by atoms with Crippen LogP contribution in [0.15, 0.2) is 0 Å². The Morgan fingerprint density at radius 1 is 0.290 bits per heavy atom. The van der Waals surface area contributed by atoms with Gasteiger partial charge in [0.05, 0.1) is 0 Å². The van der Waals surface area contributed by atoms with E-state index < -0.39 is 47.4 Å². The van der Waals surface area contributed by atoms with Gasteiger partial charge in [0.1, 0.15) is 0 Å². The van der Waals surface area contributed by atoms with Gasteiger partial charge in [-0.2, -0.15) is 0 Å². The molecular formula is H15F6NO18P6. The predicted molar refractivity (Wildman–Crippen MR) is 83.9 cm³/mol. The minimum atomic E-state index is -5.14. The first kappa shape index (κ1) is 48.8. The van der Waals surface area contributed by atoms with Crippen LogP contribution < -0.4 is 6.15 Å². The fraction of sp³-hybridized carbons (Fsp3) is 0. The lowest BCUT2D eigenvalue weighted by Gasteiger charge is -1.78. The Balaban J connectivity index is -0.0000000443. The van der Waals surface area contributed by atoms with E-state index in [1.54, 1.807) is 0 Å². The van der Waals surface area contributed by atoms with Crippen LogP contribution in [0, 0.1) is 0 Å². The maximum absolute atomic E-state index is 10.4. The lowest BCUT2D eigenvalue weighted by atomic mass is 14.0. The zero-order valence-electron chi connectivity index (χ0n) is 13.5. The van der Waals surface area contributed by atoms with Crippen LogP contribution in [0.5, 0.6) is 0 Å². The fourth-order valence-electron chi connectivity index (χ4n) is 0. The highest BCUT2D eigenvalue weighted by atomic mass is 31.2. The molecule has 0 amide bonds. The van der Waals surface area contributed by atoms with Gasteiger partial charge in [-0.15, -0.1) is 25.2 Å². The van der Waals surface area contributed by atoms with Crippen LogP contribution in [0.1, 0.15) is 0 Å². The SMILES string of the molecule is N.O=P(O)(O)F.O=P(O)(O)F.O=P(O)(O)F.O=P(O)(O)F.O=P(O)(O)F.O=P(O)(O)F. The minimum absolute atomic E-state index is 0. The van der Waals surface area contributed by atoms with Crippen molar-refractivity contribution in [3.05, 3.63) is 0 Å². The summed E-state index contributed by atoms with van der Waals surface area (Å²) in [5.74, 6) is 0. The summed E-state index contributed by atoms with van der Waals surface area (Å²) in [6.07, 6.45) is 0. The summed E-state index contributed by atoms with van der Waals surface area (Å²) in [7, 11) is -30.8. The molecule has 0 aromatic carbocycles. The topological polar surface area (TPSA) is 380 Å². The Kier molecular flexibility index (Phi) is 31.3. The van der Waals surface area contributed by atoms with Crippen LogP contribution in [-0.4, -0.2) is 58.7 Å². The largest absolute Gasteiger partial charge is 0.507 e. The summed E-state index contributed by atoms with van der Waals surface area (Å²) >= 11 is 0. The van der Waals surface area contributed by atoms with E-state index in [4.69, 9.17) is 86.1 Å². The molecule has 0 spiro atoms. The van der Waals surface area contributed by atoms with E-state index in [1.165, 1.54) is 0 Å². The highest BCUT2D eigenvalue weighted by molar-refractivity contribution is 7.46. The van der Waals surface area contributed by atoms with Crippen LogP contribution in [-0.2, 0) is 27.4 Å². The second-order valence-electron chi connectivity index (χ2n) is 2.84. The molecule has 0 atom stereocenters. The third-order valence-electron chi connectivity index (χ3n) is 0. The van der Waals surface area contributed by atoms with Gasteiger partial charge in [0, 0.05) is 0 Å². The molecule has 0 radical (unpaired) electrons. The molecule has 0 aliphatic rings. The molecular weight excluding hydrogens is 602 g/mol. The van der Waals surface area contributed by atoms with Gasteiger partial charge in [0.15, 0.2) is 0 Å². The van der Waals surface area contributed by atoms with Crippen molar-refractivity contribution in [1.82, 2.24) is 6.15 Å². The van der Waals surface area contributed by atoms with Gasteiger partial charge in [0.25, 0.3) is 0 Å². The highest BCUT2D eigenvalue weighted by Gasteiger charge is 2.06. The van der Waals surface area contributed by atoms with E-state index in [9.17, 15) is 25.2 Å². The highest BCUT2D eigenvalue weighted by Crippen LogP contribution is 2.36. The van der Waals surface area contributed by atoms with Gasteiger partial charge in [-0.3, -0.25) is 58.7 Å². The van der Waals surface area contributed by atoms with Gasteiger partial charge >= 0.3 is 47.4 Å². The maximum atomic E-state index is 10.4. The van der Waals surface area contributed by atoms with Gasteiger partial charge in [-0.25, -0.2) is 27.4 Å². The molecule has 15 N–H and O–H groups in total. The summed E-state index contributed by atoms with van der Waals surface area (Å²) in [4.78, 5) is 83.6. The zero-order valence-corrected chi connectivity index (χ0v) is 18.8. The maximum Gasteiger partial charge on any atom is 0.507 e. The van der Waals surface area contributed by atoms with Crippen LogP contribution in [0.25, 0.3) is 0 Å². The summed E-state index contributed by atoms with van der Waals surface area (Å²) in [6, 6.07) is 0. The van der Waals surface area contributed by atoms with E-state index in [1.807, 2.05) is 0 Å². The van der Waals surface area contributed by atoms with Crippen LogP contribution in [0.4, 0.5) is 25.2 Å². The van der Waals surface area contributed by atoms with Crippen molar-refractivity contribution in [2.24, 2.45) is 0 Å². The molecule has 0 saturated carbocycles. The molecule has 0 bridgehead atoms. The molecule has 0 unspecified atom stereocenters. The summed E-state index contributed by atoms with van der Waals surface area (Å²) in [6.45, 7) is 0. The molecule has 0 aliphatic heterocycles. The molecule has 0 aromatic heterocycles. The quantitative estimate of drug-likeness (QED) is 0.130. The van der Waals surface area contributed by atoms with Crippen LogP contribution >= 0.6 is 47.4 Å². The van der Waals surface area contributed by atoms with Crippen molar-refractivity contribution in [3.8, 4) is 0 Å². The Hall–Kier alpha value is 0.440. The average molecular weight is 617 g/mol. The molecule has 0 heterocycles. The monoisotopic (exact) mass is 617 g/mol. The average Bonchev–Trinajstić information content (AvgIpc) is 1.94. The van der Waals surface area contributed by atoms with Crippen LogP contribution in [0.3, 0.4) is 0 Å². The number of rotatable bonds is 0. The second kappa shape index (κ2) is 19.9. The minimum Gasteiger partial charge on any atom is -0.344 e. The predicted octanol–water partition coefficient (Wildman–Crippen LogP) is 0.454. The lowest BCUT2D eigenvalue weighted by Crippen LogP contribution is -1.56. The van der Waals surface area contributed by atoms with Gasteiger partial charge in [0.2, 0.25) is 0 Å². The Morgan fingerprint density at radius 2 is 0.290 bits per heavy atom. The Morgan fingerprint density at radius 3 is 0.290 bits per heavy atom. The number of hydrogen-bond acceptors (Lipinski definition) is 7. The zero-order chi connectivity index (χ0) is 27.0. The summed E-state index contributed by atoms with van der Waals surface area (Å²) in [5.41, 5.74) is 0. The molecule has 31 heavy (non-hydrogen) atoms. The standard InChI is InChI=1S/6FH2O3P.H3N/c6*1-5(2,3)4;/h6*(H2,2,3,4);1H3. The van der Waals surface area contributed by atoms with E-state index in [0.717, 1.165) is 0 Å². The summed E-state index contributed by atoms with van der Waals surface area (Å²) in [5, 5.41) is 0. The molecule has 0 rings (SSSR count). The Labute approximate surface area is 166 Å². The molecule has 200 valence electrons. The molecule has 0 aromatic rings. The van der Waals surface area contributed by atoms with Crippen molar-refractivity contribution in [2.75, 3.05) is 0 Å². The second-order valence-corrected chi connectivity index (χ2v) is 8.51. The van der Waals surface area contributed by atoms with Crippen molar-refractivity contribution in [3.63, 3.8) is 0 Å². The van der Waals surface area contributed by atoms with E-state index in [0.29, 0.717) is 0 Å². The first-order chi connectivity index (χ1) is 12.0. The smallest absolute Gasteiger partial charge is 0.344 e. The van der Waals surface area contributed by atoms with E-state index >= 15 is 0 Å². The summed E-state index contributed by atoms with van der Waals surface area (Å²) < 4.78 is 114. The first-order valence-corrected chi connectivity index (χ1v) is 13.5. The lowest BCUT2D eigenvalue weighted by molar-refractivity contribution is 0.320. The first-order valence-electron chi connectivity index (χ1n) is 4.51. The third kappa shape index (κ3) is 127000. The third-order valence-corrected chi connectivity index (χ3v) is 0. The fourth-order valence-corrected chi connectivity index (χ4v) is 0. The van der Waals surface area contributed by atoms with Crippen molar-refractivity contribution in [2.45, 2.75) is 0 Å². The molecule has 0 aliphatic carbocycles. The molecule has 31 heteroatoms. The molecule has 0 fully saturated rings. The van der Waals surface area contributed by atoms with Crippen LogP contribution in [0.2, 0.25) is 0 Å². The van der Waals surface area contributed by atoms with Gasteiger partial charge in [-0.1, -0.05) is 0 Å². The Bertz CT molecular complexity index is 480. The number of halogens is 6. The van der Waals surface area contributed by atoms with Crippen molar-refractivity contribution in [1.29, 1.82) is 0 Å². The van der Waals surface area contributed by atoms with Gasteiger partial charge < -0.3 is 6.15 Å².